The molecule has 0 radical (unpaired) electrons. The van der Waals surface area contributed by atoms with Crippen molar-refractivity contribution in [1.82, 2.24) is 10.3 Å². The van der Waals surface area contributed by atoms with Gasteiger partial charge in [-0.05, 0) is 42.2 Å². The van der Waals surface area contributed by atoms with Gasteiger partial charge in [-0.25, -0.2) is 0 Å². The minimum atomic E-state index is 0.996. The minimum Gasteiger partial charge on any atom is -0.361 e. The van der Waals surface area contributed by atoms with Gasteiger partial charge in [-0.2, -0.15) is 0 Å². The Kier molecular flexibility index (Phi) is 1.50. The molecule has 2 heterocycles. The highest BCUT2D eigenvalue weighted by molar-refractivity contribution is 5.89. The fraction of sp³-hybridized carbons (Fsp3) is 0.333. The molecular formula is C12H14N2. The van der Waals surface area contributed by atoms with Gasteiger partial charge in [-0.15, -0.1) is 0 Å². The molecule has 1 aliphatic rings. The van der Waals surface area contributed by atoms with Crippen molar-refractivity contribution in [1.29, 1.82) is 0 Å². The van der Waals surface area contributed by atoms with Crippen molar-refractivity contribution in [2.24, 2.45) is 0 Å². The number of nitrogens with one attached hydrogen (secondary N) is 2. The molecule has 0 atom stereocenters. The summed E-state index contributed by atoms with van der Waals surface area (Å²) in [4.78, 5) is 3.35. The van der Waals surface area contributed by atoms with E-state index in [0.717, 1.165) is 13.1 Å². The van der Waals surface area contributed by atoms with E-state index in [9.17, 15) is 0 Å². The number of aromatic nitrogens is 1. The zero-order valence-corrected chi connectivity index (χ0v) is 8.57. The second-order valence-electron chi connectivity index (χ2n) is 4.14. The Labute approximate surface area is 83.3 Å². The van der Waals surface area contributed by atoms with Crippen molar-refractivity contribution in [2.45, 2.75) is 26.9 Å². The van der Waals surface area contributed by atoms with E-state index in [1.54, 1.807) is 0 Å². The van der Waals surface area contributed by atoms with Crippen molar-refractivity contribution in [3.63, 3.8) is 0 Å². The van der Waals surface area contributed by atoms with Crippen LogP contribution in [0.3, 0.4) is 0 Å². The van der Waals surface area contributed by atoms with Crippen LogP contribution in [0.15, 0.2) is 12.3 Å². The summed E-state index contributed by atoms with van der Waals surface area (Å²) < 4.78 is 0. The molecule has 0 saturated heterocycles. The van der Waals surface area contributed by atoms with E-state index in [1.807, 2.05) is 0 Å². The second kappa shape index (κ2) is 2.61. The molecule has 3 rings (SSSR count). The molecule has 0 spiro atoms. The van der Waals surface area contributed by atoms with Gasteiger partial charge in [-0.3, -0.25) is 0 Å². The molecule has 1 aromatic carbocycles. The maximum atomic E-state index is 3.44. The number of benzene rings is 1. The first-order chi connectivity index (χ1) is 6.77. The Morgan fingerprint density at radius 2 is 2.07 bits per heavy atom. The fourth-order valence-corrected chi connectivity index (χ4v) is 2.39. The smallest absolute Gasteiger partial charge is 0.0463 e. The molecule has 14 heavy (non-hydrogen) atoms. The van der Waals surface area contributed by atoms with Crippen LogP contribution in [0.2, 0.25) is 0 Å². The van der Waals surface area contributed by atoms with Gasteiger partial charge in [-0.1, -0.05) is 0 Å². The predicted molar refractivity (Wildman–Crippen MR) is 58.3 cm³/mol. The van der Waals surface area contributed by atoms with Crippen LogP contribution in [-0.4, -0.2) is 4.98 Å². The molecule has 0 amide bonds. The van der Waals surface area contributed by atoms with Crippen LogP contribution in [0, 0.1) is 13.8 Å². The normalized spacial score (nSPS) is 15.0. The molecule has 2 N–H and O–H groups in total. The van der Waals surface area contributed by atoms with E-state index >= 15 is 0 Å². The van der Waals surface area contributed by atoms with E-state index in [1.165, 1.54) is 33.2 Å². The molecule has 2 heteroatoms. The summed E-state index contributed by atoms with van der Waals surface area (Å²) >= 11 is 0. The summed E-state index contributed by atoms with van der Waals surface area (Å²) in [5, 5.41) is 4.89. The maximum absolute atomic E-state index is 3.44. The lowest BCUT2D eigenvalue weighted by molar-refractivity contribution is 0.681. The molecular weight excluding hydrogens is 172 g/mol. The van der Waals surface area contributed by atoms with Gasteiger partial charge in [0, 0.05) is 30.2 Å². The third kappa shape index (κ3) is 0.891. The van der Waals surface area contributed by atoms with Gasteiger partial charge in [0.25, 0.3) is 0 Å². The highest BCUT2D eigenvalue weighted by Crippen LogP contribution is 2.30. The summed E-state index contributed by atoms with van der Waals surface area (Å²) in [6.07, 6.45) is 2.12. The van der Waals surface area contributed by atoms with Crippen LogP contribution < -0.4 is 5.32 Å². The molecule has 72 valence electrons. The topological polar surface area (TPSA) is 27.8 Å². The van der Waals surface area contributed by atoms with Crippen LogP contribution in [0.25, 0.3) is 10.9 Å². The molecule has 1 aliphatic heterocycles. The van der Waals surface area contributed by atoms with Crippen LogP contribution in [0.4, 0.5) is 0 Å². The summed E-state index contributed by atoms with van der Waals surface area (Å²) in [6.45, 7) is 6.40. The van der Waals surface area contributed by atoms with E-state index in [0.29, 0.717) is 0 Å². The van der Waals surface area contributed by atoms with E-state index < -0.39 is 0 Å². The van der Waals surface area contributed by atoms with Crippen molar-refractivity contribution in [3.8, 4) is 0 Å². The Hall–Kier alpha value is -1.28. The lowest BCUT2D eigenvalue weighted by Crippen LogP contribution is -2.18. The summed E-state index contributed by atoms with van der Waals surface area (Å²) in [7, 11) is 0. The van der Waals surface area contributed by atoms with E-state index in [-0.39, 0.29) is 0 Å². The molecule has 2 nitrogen and oxygen atoms in total. The summed E-state index contributed by atoms with van der Waals surface area (Å²) in [6, 6.07) is 2.25. The van der Waals surface area contributed by atoms with E-state index in [4.69, 9.17) is 0 Å². The lowest BCUT2D eigenvalue weighted by atomic mass is 9.95. The van der Waals surface area contributed by atoms with Gasteiger partial charge in [0.2, 0.25) is 0 Å². The molecule has 0 saturated carbocycles. The standard InChI is InChI=1S/C12H14N2/c1-7-3-11-12-9(5-14-11)4-13-6-10(12)8(7)2/h3,5,13-14H,4,6H2,1-2H3. The Bertz CT molecular complexity index is 509. The third-order valence-electron chi connectivity index (χ3n) is 3.32. The molecule has 0 unspecified atom stereocenters. The highest BCUT2D eigenvalue weighted by atomic mass is 14.9. The van der Waals surface area contributed by atoms with Crippen molar-refractivity contribution in [3.05, 3.63) is 34.5 Å². The van der Waals surface area contributed by atoms with Crippen LogP contribution in [0.5, 0.6) is 0 Å². The zero-order valence-electron chi connectivity index (χ0n) is 8.57. The Balaban J connectivity index is 2.50. The SMILES string of the molecule is Cc1cc2[nH]cc3c2c(c1C)CNC3. The maximum Gasteiger partial charge on any atom is 0.0463 e. The van der Waals surface area contributed by atoms with Gasteiger partial charge in [0.1, 0.15) is 0 Å². The van der Waals surface area contributed by atoms with Gasteiger partial charge in [0.05, 0.1) is 0 Å². The van der Waals surface area contributed by atoms with Crippen molar-refractivity contribution in [2.75, 3.05) is 0 Å². The summed E-state index contributed by atoms with van der Waals surface area (Å²) in [5.41, 5.74) is 6.99. The number of aromatic amines is 1. The first kappa shape index (κ1) is 8.06. The number of aryl methyl sites for hydroxylation is 1. The number of rotatable bonds is 0. The van der Waals surface area contributed by atoms with Gasteiger partial charge >= 0.3 is 0 Å². The first-order valence-corrected chi connectivity index (χ1v) is 5.07. The Morgan fingerprint density at radius 1 is 1.21 bits per heavy atom. The number of hydrogen-bond acceptors (Lipinski definition) is 1. The molecule has 2 aromatic rings. The van der Waals surface area contributed by atoms with Gasteiger partial charge in [0.15, 0.2) is 0 Å². The zero-order chi connectivity index (χ0) is 9.71. The summed E-state index contributed by atoms with van der Waals surface area (Å²) in [5.74, 6) is 0. The lowest BCUT2D eigenvalue weighted by Gasteiger charge is -2.17. The molecule has 1 aromatic heterocycles. The van der Waals surface area contributed by atoms with Crippen LogP contribution >= 0.6 is 0 Å². The van der Waals surface area contributed by atoms with Crippen molar-refractivity contribution >= 4 is 10.9 Å². The molecule has 0 bridgehead atoms. The number of hydrogen-bond donors (Lipinski definition) is 2. The average molecular weight is 186 g/mol. The predicted octanol–water partition coefficient (Wildman–Crippen LogP) is 2.39. The third-order valence-corrected chi connectivity index (χ3v) is 3.32. The van der Waals surface area contributed by atoms with E-state index in [2.05, 4.69) is 36.4 Å². The van der Waals surface area contributed by atoms with Crippen LogP contribution in [-0.2, 0) is 13.1 Å². The molecule has 0 aliphatic carbocycles. The highest BCUT2D eigenvalue weighted by Gasteiger charge is 2.16. The van der Waals surface area contributed by atoms with Crippen LogP contribution in [0.1, 0.15) is 22.3 Å². The minimum absolute atomic E-state index is 0.996. The molecule has 0 fully saturated rings. The quantitative estimate of drug-likeness (QED) is 0.649. The second-order valence-corrected chi connectivity index (χ2v) is 4.14. The van der Waals surface area contributed by atoms with Gasteiger partial charge < -0.3 is 10.3 Å². The average Bonchev–Trinajstić information content (AvgIpc) is 2.59. The fourth-order valence-electron chi connectivity index (χ4n) is 2.39. The van der Waals surface area contributed by atoms with Crippen molar-refractivity contribution < 1.29 is 0 Å². The first-order valence-electron chi connectivity index (χ1n) is 5.07. The largest absolute Gasteiger partial charge is 0.361 e. The monoisotopic (exact) mass is 186 g/mol. The Morgan fingerprint density at radius 3 is 2.93 bits per heavy atom. The number of H-pyrrole nitrogens is 1.